The molecule has 596 valence electrons. The molecule has 30 atom stereocenters. The molecule has 8 rings (SSSR count). The van der Waals surface area contributed by atoms with Crippen molar-refractivity contribution in [2.24, 2.45) is 5.92 Å². The van der Waals surface area contributed by atoms with Crippen LogP contribution in [0.5, 0.6) is 0 Å². The number of nitrogens with two attached hydrogens (primary N) is 1. The Labute approximate surface area is 598 Å². The highest BCUT2D eigenvalue weighted by Crippen LogP contribution is 2.34. The number of amides is 1. The largest absolute Gasteiger partial charge is 0.412 e. The minimum atomic E-state index is -1.74. The Morgan fingerprint density at radius 1 is 0.559 bits per heavy atom. The van der Waals surface area contributed by atoms with E-state index in [9.17, 15) is 91.6 Å². The Morgan fingerprint density at radius 3 is 1.72 bits per heavy atom. The Hall–Kier alpha value is -2.56. The normalized spacial score (nSPS) is 39.2. The van der Waals surface area contributed by atoms with E-state index in [4.69, 9.17) is 79.0 Å². The average Bonchev–Trinajstić information content (AvgIpc) is 0.884. The lowest BCUT2D eigenvalue weighted by atomic mass is 9.83. The number of unbranched alkanes of at least 4 members (excludes halogenated alkanes) is 3. The number of hydrogen-bond acceptors (Lipinski definition) is 36. The number of carbonyl (C=O) groups is 1. The third kappa shape index (κ3) is 28.8. The molecule has 1 aromatic rings. The number of aromatic amines is 1. The van der Waals surface area contributed by atoms with Crippen molar-refractivity contribution in [2.75, 3.05) is 69.2 Å². The molecule has 102 heavy (non-hydrogen) atoms. The van der Waals surface area contributed by atoms with E-state index in [0.29, 0.717) is 43.1 Å². The Balaban J connectivity index is 0.000000304. The maximum atomic E-state index is 11.9. The Morgan fingerprint density at radius 2 is 1.13 bits per heavy atom. The molecular formula is C62H114N5O33S2+. The lowest BCUT2D eigenvalue weighted by Gasteiger charge is -2.45. The van der Waals surface area contributed by atoms with Crippen LogP contribution in [0.4, 0.5) is 0 Å². The third-order valence-corrected chi connectivity index (χ3v) is 20.2. The summed E-state index contributed by atoms with van der Waals surface area (Å²) >= 11 is 3.23. The second kappa shape index (κ2) is 47.4. The number of aromatic nitrogens is 2. The fourth-order valence-electron chi connectivity index (χ4n) is 11.9. The summed E-state index contributed by atoms with van der Waals surface area (Å²) in [7, 11) is 0. The van der Waals surface area contributed by atoms with Crippen molar-refractivity contribution in [1.29, 1.82) is 5.41 Å². The van der Waals surface area contributed by atoms with E-state index in [-0.39, 0.29) is 62.5 Å². The topological polar surface area (TPSA) is 667 Å². The van der Waals surface area contributed by atoms with Gasteiger partial charge in [-0.05, 0) is 51.2 Å². The van der Waals surface area contributed by atoms with Crippen LogP contribution in [-0.4, -0.2) is 392 Å². The molecule has 40 heteroatoms. The van der Waals surface area contributed by atoms with Gasteiger partial charge in [0.2, 0.25) is 5.91 Å². The summed E-state index contributed by atoms with van der Waals surface area (Å²) in [6.45, 7) is 0.0858. The minimum absolute atomic E-state index is 0. The monoisotopic (exact) mass is 1520 g/mol. The maximum absolute atomic E-state index is 11.9. The van der Waals surface area contributed by atoms with Crippen LogP contribution in [0.15, 0.2) is 12.5 Å². The lowest BCUT2D eigenvalue weighted by Crippen LogP contribution is -2.64. The van der Waals surface area contributed by atoms with E-state index < -0.39 is 192 Å². The molecule has 0 bridgehead atoms. The van der Waals surface area contributed by atoms with Gasteiger partial charge in [-0.2, -0.15) is 23.5 Å². The summed E-state index contributed by atoms with van der Waals surface area (Å²) in [6.07, 6.45) is -22.2. The number of aliphatic hydroxyl groups is 22. The number of carbonyl (C=O) groups excluding carboxylic acids is 1. The van der Waals surface area contributed by atoms with E-state index in [1.54, 1.807) is 18.0 Å². The highest BCUT2D eigenvalue weighted by molar-refractivity contribution is 7.99. The van der Waals surface area contributed by atoms with Gasteiger partial charge in [0.25, 0.3) is 0 Å². The zero-order chi connectivity index (χ0) is 74.6. The van der Waals surface area contributed by atoms with Gasteiger partial charge in [0.05, 0.1) is 101 Å². The number of nitrogens with zero attached hydrogens (tertiary/aromatic N) is 1. The number of H-pyrrole nitrogens is 1. The number of thioether (sulfide) groups is 2. The molecule has 6 aliphatic heterocycles. The first-order valence-electron chi connectivity index (χ1n) is 34.1. The molecule has 0 spiro atoms. The number of aliphatic hydroxyl groups excluding tert-OH is 22. The first-order chi connectivity index (χ1) is 48.1. The molecule has 6 saturated heterocycles. The summed E-state index contributed by atoms with van der Waals surface area (Å²) in [6, 6.07) is 0. The predicted molar refractivity (Wildman–Crippen MR) is 355 cm³/mol. The standard InChI is InChI=1S/C25H46N2O7S.C19H31N3O9S.C12H22O11.C6H12O5.H2O/c1-16(26)7-4-2-3-5-8-18(27)9-6-12-35-15-19-13-21(30)23(32)25(33-19)34-24-17(14-28)10-11-20(29)22(24)31;23-6-13-16(26)17(27)18(28)19(31-13)30-12-4-11(24)7-29-14(12)8-32-2-1-21-15(25)3-10-5-20-9-22-10;13-1-3-5(15)6(16)9(19)12(22-3)23-10-4(2-14)21-11(20)8(18)7(10)17;7-2-3-1-4(8)5(9)6(10)11-3;/h17,19-32H,2-15H2,1H3;5,9,11-14,16-19,23-24,26-28H,1-4,6-8H2,(H,20,22)(H,21,25);3-20H,1-2H2;3-10H,1-2H2;1H2/p+1. The first-order valence-corrected chi connectivity index (χ1v) is 36.4. The van der Waals surface area contributed by atoms with Crippen LogP contribution >= 0.6 is 23.5 Å². The van der Waals surface area contributed by atoms with Gasteiger partial charge in [-0.1, -0.05) is 12.8 Å². The van der Waals surface area contributed by atoms with Gasteiger partial charge in [-0.15, -0.1) is 0 Å². The van der Waals surface area contributed by atoms with Crippen LogP contribution in [0.2, 0.25) is 0 Å². The molecule has 1 saturated carbocycles. The first kappa shape index (κ1) is 91.8. The number of hydrogen-bond donors (Lipinski definition) is 26. The molecule has 0 radical (unpaired) electrons. The zero-order valence-electron chi connectivity index (χ0n) is 56.9. The molecule has 1 aromatic heterocycles. The molecule has 38 nitrogen and oxygen atoms in total. The third-order valence-electron chi connectivity index (χ3n) is 18.0. The molecule has 7 fully saturated rings. The molecular weight excluding hydrogens is 1410 g/mol. The molecule has 29 N–H and O–H groups in total. The van der Waals surface area contributed by atoms with E-state index in [1.807, 2.05) is 6.92 Å². The van der Waals surface area contributed by atoms with Gasteiger partial charge < -0.3 is 176 Å². The van der Waals surface area contributed by atoms with E-state index >= 15 is 0 Å². The number of nitrogens with one attached hydrogen (secondary N) is 3. The predicted octanol–water partition coefficient (Wildman–Crippen LogP) is -10.9. The van der Waals surface area contributed by atoms with Crippen molar-refractivity contribution in [2.45, 2.75) is 275 Å². The zero-order valence-corrected chi connectivity index (χ0v) is 58.5. The average molecular weight is 1520 g/mol. The highest BCUT2D eigenvalue weighted by atomic mass is 32.2. The second-order valence-corrected chi connectivity index (χ2v) is 28.4. The van der Waals surface area contributed by atoms with Crippen LogP contribution in [0.25, 0.3) is 0 Å². The summed E-state index contributed by atoms with van der Waals surface area (Å²) < 4.78 is 48.6. The van der Waals surface area contributed by atoms with Crippen molar-refractivity contribution in [1.82, 2.24) is 15.3 Å². The lowest BCUT2D eigenvalue weighted by molar-refractivity contribution is -0.355. The van der Waals surface area contributed by atoms with E-state index in [2.05, 4.69) is 15.3 Å². The van der Waals surface area contributed by atoms with Crippen LogP contribution in [0, 0.1) is 11.3 Å². The Bertz CT molecular complexity index is 2440. The van der Waals surface area contributed by atoms with Crippen molar-refractivity contribution in [3.05, 3.63) is 18.2 Å². The van der Waals surface area contributed by atoms with Gasteiger partial charge in [0.1, 0.15) is 97.3 Å². The van der Waals surface area contributed by atoms with Crippen LogP contribution in [-0.2, 0) is 53.8 Å². The quantitative estimate of drug-likeness (QED) is 0.0242. The van der Waals surface area contributed by atoms with Gasteiger partial charge in [0.15, 0.2) is 31.5 Å². The fourth-order valence-corrected chi connectivity index (χ4v) is 13.9. The van der Waals surface area contributed by atoms with Crippen molar-refractivity contribution < 1.29 is 171 Å². The molecule has 1 aliphatic carbocycles. The van der Waals surface area contributed by atoms with Crippen molar-refractivity contribution in [3.8, 4) is 0 Å². The van der Waals surface area contributed by atoms with Crippen molar-refractivity contribution in [3.63, 3.8) is 0 Å². The molecule has 0 aromatic carbocycles. The highest BCUT2D eigenvalue weighted by Gasteiger charge is 2.51. The van der Waals surface area contributed by atoms with Crippen molar-refractivity contribution >= 4 is 40.9 Å². The van der Waals surface area contributed by atoms with Gasteiger partial charge in [-0.25, -0.2) is 4.98 Å². The molecule has 7 aliphatic rings. The van der Waals surface area contributed by atoms with Gasteiger partial charge in [-0.3, -0.25) is 10.2 Å². The molecule has 7 heterocycles. The van der Waals surface area contributed by atoms with Crippen LogP contribution < -0.4 is 10.7 Å². The summed E-state index contributed by atoms with van der Waals surface area (Å²) in [4.78, 5) is 18.6. The van der Waals surface area contributed by atoms with E-state index in [0.717, 1.165) is 74.2 Å². The van der Waals surface area contributed by atoms with Gasteiger partial charge in [0, 0.05) is 86.0 Å². The molecule has 1 amide bonds. The maximum Gasteiger partial charge on any atom is 0.226 e. The number of imidazole rings is 1. The second-order valence-electron chi connectivity index (χ2n) is 26.1. The summed E-state index contributed by atoms with van der Waals surface area (Å²) in [5.41, 5.74) is 2.51. The van der Waals surface area contributed by atoms with Crippen LogP contribution in [0.3, 0.4) is 0 Å². The fraction of sp³-hybridized carbons (Fsp3) is 0.903. The SMILES string of the molecule is CC(=N)CCCCCCC(=[NH2+])CCCSCC1CC(O)C(O)C(OC2C(CO)CCC(O)C2O)O1.O.O=C(Cc1cnc[nH]1)NCCSCC1OCC(O)CC1OC1OC(CO)C(O)C(O)C1O.OCC1CC(O)C(O)C(O)O1.OCC1OC(OC2C(CO)OC(O)C(O)C2O)C(O)C(O)C1O. The Kier molecular flexibility index (Phi) is 42.7. The summed E-state index contributed by atoms with van der Waals surface area (Å²) in [5.74, 6) is 2.19. The minimum Gasteiger partial charge on any atom is -0.412 e. The summed E-state index contributed by atoms with van der Waals surface area (Å²) in [5, 5.41) is 228. The number of rotatable bonds is 31. The van der Waals surface area contributed by atoms with Crippen LogP contribution in [0.1, 0.15) is 96.1 Å². The smallest absolute Gasteiger partial charge is 0.226 e. The van der Waals surface area contributed by atoms with Gasteiger partial charge >= 0.3 is 0 Å². The number of ether oxygens (including phenoxy) is 9. The van der Waals surface area contributed by atoms with E-state index in [1.165, 1.54) is 18.1 Å². The molecule has 30 unspecified atom stereocenters.